The van der Waals surface area contributed by atoms with Crippen molar-refractivity contribution < 1.29 is 14.4 Å². The normalized spacial score (nSPS) is 14.1. The Balaban J connectivity index is 1.48. The molecule has 0 atom stereocenters. The summed E-state index contributed by atoms with van der Waals surface area (Å²) in [7, 11) is 0. The first-order valence-corrected chi connectivity index (χ1v) is 9.75. The van der Waals surface area contributed by atoms with Crippen LogP contribution in [0.1, 0.15) is 39.1 Å². The van der Waals surface area contributed by atoms with Gasteiger partial charge in [0.05, 0.1) is 10.6 Å². The van der Waals surface area contributed by atoms with E-state index in [1.54, 1.807) is 46.2 Å². The second-order valence-corrected chi connectivity index (χ2v) is 7.35. The molecule has 146 valence electrons. The number of hydrogen-bond donors (Lipinski definition) is 0. The highest BCUT2D eigenvalue weighted by molar-refractivity contribution is 6.33. The second-order valence-electron chi connectivity index (χ2n) is 6.94. The van der Waals surface area contributed by atoms with Gasteiger partial charge in [0, 0.05) is 44.6 Å². The smallest absolute Gasteiger partial charge is 0.255 e. The molecule has 0 bridgehead atoms. The highest BCUT2D eigenvalue weighted by Gasteiger charge is 2.26. The number of carbonyl (C=O) groups excluding carboxylic acids is 3. The average Bonchev–Trinajstić information content (AvgIpc) is 2.72. The van der Waals surface area contributed by atoms with Gasteiger partial charge < -0.3 is 9.80 Å². The molecule has 1 heterocycles. The highest BCUT2D eigenvalue weighted by Crippen LogP contribution is 2.18. The predicted octanol–water partition coefficient (Wildman–Crippen LogP) is 3.60. The second kappa shape index (κ2) is 9.02. The van der Waals surface area contributed by atoms with Gasteiger partial charge >= 0.3 is 0 Å². The number of nitrogens with zero attached hydrogens (tertiary/aromatic N) is 2. The Morgan fingerprint density at radius 3 is 2.11 bits per heavy atom. The minimum atomic E-state index is -0.118. The molecule has 3 rings (SSSR count). The number of aryl methyl sites for hydroxylation is 1. The molecule has 28 heavy (non-hydrogen) atoms. The number of rotatable bonds is 5. The van der Waals surface area contributed by atoms with Gasteiger partial charge in [-0.15, -0.1) is 0 Å². The molecule has 1 saturated heterocycles. The van der Waals surface area contributed by atoms with E-state index in [4.69, 9.17) is 11.6 Å². The molecule has 0 aliphatic carbocycles. The van der Waals surface area contributed by atoms with Crippen LogP contribution in [0, 0.1) is 6.92 Å². The average molecular weight is 399 g/mol. The van der Waals surface area contributed by atoms with E-state index in [2.05, 4.69) is 0 Å². The monoisotopic (exact) mass is 398 g/mol. The number of ketones is 1. The van der Waals surface area contributed by atoms with Crippen molar-refractivity contribution in [3.63, 3.8) is 0 Å². The third-order valence-corrected chi connectivity index (χ3v) is 5.29. The Kier molecular flexibility index (Phi) is 6.47. The van der Waals surface area contributed by atoms with Gasteiger partial charge in [-0.1, -0.05) is 53.6 Å². The van der Waals surface area contributed by atoms with Crippen molar-refractivity contribution in [2.45, 2.75) is 19.8 Å². The van der Waals surface area contributed by atoms with Gasteiger partial charge in [0.1, 0.15) is 0 Å². The van der Waals surface area contributed by atoms with Crippen LogP contribution in [0.3, 0.4) is 0 Å². The third-order valence-electron chi connectivity index (χ3n) is 4.96. The third kappa shape index (κ3) is 4.78. The minimum Gasteiger partial charge on any atom is -0.339 e. The van der Waals surface area contributed by atoms with Crippen LogP contribution in [0.4, 0.5) is 0 Å². The molecule has 6 heteroatoms. The molecule has 5 nitrogen and oxygen atoms in total. The molecule has 0 radical (unpaired) electrons. The number of benzene rings is 2. The quantitative estimate of drug-likeness (QED) is 0.723. The SMILES string of the molecule is Cc1ccc(C(=O)CCC(=O)N2CCN(C(=O)c3ccccc3Cl)CC2)cc1. The maximum atomic E-state index is 12.6. The van der Waals surface area contributed by atoms with Gasteiger partial charge in [0.15, 0.2) is 5.78 Å². The molecule has 1 fully saturated rings. The van der Waals surface area contributed by atoms with Crippen molar-refractivity contribution in [2.24, 2.45) is 0 Å². The maximum Gasteiger partial charge on any atom is 0.255 e. The lowest BCUT2D eigenvalue weighted by Crippen LogP contribution is -2.50. The Labute approximate surface area is 169 Å². The number of hydrogen-bond acceptors (Lipinski definition) is 3. The Bertz CT molecular complexity index is 872. The van der Waals surface area contributed by atoms with E-state index in [0.717, 1.165) is 5.56 Å². The van der Waals surface area contributed by atoms with Crippen molar-refractivity contribution in [3.05, 3.63) is 70.2 Å². The zero-order valence-corrected chi connectivity index (χ0v) is 16.6. The largest absolute Gasteiger partial charge is 0.339 e. The van der Waals surface area contributed by atoms with E-state index in [1.165, 1.54) is 0 Å². The van der Waals surface area contributed by atoms with Crippen LogP contribution in [-0.2, 0) is 4.79 Å². The van der Waals surface area contributed by atoms with Crippen LogP contribution in [0.25, 0.3) is 0 Å². The van der Waals surface area contributed by atoms with Gasteiger partial charge in [0.2, 0.25) is 5.91 Å². The number of carbonyl (C=O) groups is 3. The van der Waals surface area contributed by atoms with E-state index in [0.29, 0.717) is 42.3 Å². The summed E-state index contributed by atoms with van der Waals surface area (Å²) < 4.78 is 0. The molecule has 1 aliphatic rings. The minimum absolute atomic E-state index is 0.0270. The summed E-state index contributed by atoms with van der Waals surface area (Å²) in [6.07, 6.45) is 0.381. The summed E-state index contributed by atoms with van der Waals surface area (Å²) in [6, 6.07) is 14.3. The summed E-state index contributed by atoms with van der Waals surface area (Å²) in [4.78, 5) is 40.7. The number of Topliss-reactive ketones (excluding diaryl/α,β-unsaturated/α-hetero) is 1. The molecule has 2 aromatic carbocycles. The summed E-state index contributed by atoms with van der Waals surface area (Å²) in [6.45, 7) is 3.82. The van der Waals surface area contributed by atoms with Crippen LogP contribution in [0.2, 0.25) is 5.02 Å². The van der Waals surface area contributed by atoms with Crippen LogP contribution in [-0.4, -0.2) is 53.6 Å². The van der Waals surface area contributed by atoms with E-state index in [9.17, 15) is 14.4 Å². The number of halogens is 1. The first-order valence-electron chi connectivity index (χ1n) is 9.37. The molecule has 0 N–H and O–H groups in total. The first kappa shape index (κ1) is 20.1. The molecule has 0 spiro atoms. The lowest BCUT2D eigenvalue weighted by Gasteiger charge is -2.35. The van der Waals surface area contributed by atoms with E-state index in [-0.39, 0.29) is 30.4 Å². The van der Waals surface area contributed by atoms with Gasteiger partial charge in [-0.25, -0.2) is 0 Å². The molecule has 2 aromatic rings. The Morgan fingerprint density at radius 2 is 1.46 bits per heavy atom. The predicted molar refractivity (Wildman–Crippen MR) is 109 cm³/mol. The molecule has 0 aromatic heterocycles. The maximum absolute atomic E-state index is 12.6. The van der Waals surface area contributed by atoms with Crippen molar-refractivity contribution in [1.29, 1.82) is 0 Å². The standard InChI is InChI=1S/C22H23ClN2O3/c1-16-6-8-17(9-7-16)20(26)10-11-21(27)24-12-14-25(15-13-24)22(28)18-4-2-3-5-19(18)23/h2-9H,10-15H2,1H3. The van der Waals surface area contributed by atoms with E-state index in [1.807, 2.05) is 19.1 Å². The van der Waals surface area contributed by atoms with Crippen molar-refractivity contribution in [2.75, 3.05) is 26.2 Å². The van der Waals surface area contributed by atoms with Crippen LogP contribution < -0.4 is 0 Å². The van der Waals surface area contributed by atoms with E-state index >= 15 is 0 Å². The molecule has 2 amide bonds. The molecule has 0 saturated carbocycles. The fourth-order valence-electron chi connectivity index (χ4n) is 3.23. The van der Waals surface area contributed by atoms with Crippen LogP contribution in [0.5, 0.6) is 0 Å². The van der Waals surface area contributed by atoms with Gasteiger partial charge in [-0.2, -0.15) is 0 Å². The fraction of sp³-hybridized carbons (Fsp3) is 0.318. The van der Waals surface area contributed by atoms with E-state index < -0.39 is 0 Å². The summed E-state index contributed by atoms with van der Waals surface area (Å²) >= 11 is 6.10. The highest BCUT2D eigenvalue weighted by atomic mass is 35.5. The zero-order chi connectivity index (χ0) is 20.1. The Hall–Kier alpha value is -2.66. The van der Waals surface area contributed by atoms with Crippen molar-refractivity contribution in [1.82, 2.24) is 9.80 Å². The zero-order valence-electron chi connectivity index (χ0n) is 15.9. The Morgan fingerprint density at radius 1 is 0.857 bits per heavy atom. The van der Waals surface area contributed by atoms with Crippen LogP contribution >= 0.6 is 11.6 Å². The molecular formula is C22H23ClN2O3. The van der Waals surface area contributed by atoms with Gasteiger partial charge in [0.25, 0.3) is 5.91 Å². The topological polar surface area (TPSA) is 57.7 Å². The summed E-state index contributed by atoms with van der Waals surface area (Å²) in [5.41, 5.74) is 2.21. The summed E-state index contributed by atoms with van der Waals surface area (Å²) in [5.74, 6) is -0.196. The lowest BCUT2D eigenvalue weighted by atomic mass is 10.0. The molecular weight excluding hydrogens is 376 g/mol. The molecule has 1 aliphatic heterocycles. The number of amides is 2. The van der Waals surface area contributed by atoms with Crippen LogP contribution in [0.15, 0.2) is 48.5 Å². The number of piperazine rings is 1. The van der Waals surface area contributed by atoms with Gasteiger partial charge in [-0.3, -0.25) is 14.4 Å². The lowest BCUT2D eigenvalue weighted by molar-refractivity contribution is -0.132. The first-order chi connectivity index (χ1) is 13.5. The summed E-state index contributed by atoms with van der Waals surface area (Å²) in [5, 5.41) is 0.431. The molecule has 0 unspecified atom stereocenters. The van der Waals surface area contributed by atoms with Gasteiger partial charge in [-0.05, 0) is 19.1 Å². The van der Waals surface area contributed by atoms with Crippen molar-refractivity contribution >= 4 is 29.2 Å². The van der Waals surface area contributed by atoms with Crippen molar-refractivity contribution in [3.8, 4) is 0 Å². The fourth-order valence-corrected chi connectivity index (χ4v) is 3.44.